The first-order valence-electron chi connectivity index (χ1n) is 6.87. The quantitative estimate of drug-likeness (QED) is 0.773. The molecule has 0 bridgehead atoms. The van der Waals surface area contributed by atoms with Gasteiger partial charge >= 0.3 is 5.97 Å². The summed E-state index contributed by atoms with van der Waals surface area (Å²) >= 11 is 0. The van der Waals surface area contributed by atoms with E-state index in [1.165, 1.54) is 13.5 Å². The molecular weight excluding hydrogens is 268 g/mol. The van der Waals surface area contributed by atoms with Crippen LogP contribution in [0.25, 0.3) is 0 Å². The Morgan fingerprint density at radius 2 is 1.74 bits per heavy atom. The van der Waals surface area contributed by atoms with Crippen molar-refractivity contribution in [2.24, 2.45) is 0 Å². The molecule has 1 saturated carbocycles. The van der Waals surface area contributed by atoms with E-state index in [1.54, 1.807) is 0 Å². The normalized spacial score (nSPS) is 19.1. The molecule has 0 heterocycles. The van der Waals surface area contributed by atoms with Gasteiger partial charge in [0.15, 0.2) is 0 Å². The molecule has 1 fully saturated rings. The summed E-state index contributed by atoms with van der Waals surface area (Å²) in [6.07, 6.45) is 7.20. The molecule has 0 radical (unpaired) electrons. The summed E-state index contributed by atoms with van der Waals surface area (Å²) in [5.74, 6) is -0.993. The molecule has 19 heavy (non-hydrogen) atoms. The van der Waals surface area contributed by atoms with Crippen LogP contribution in [0.5, 0.6) is 0 Å². The Morgan fingerprint density at radius 1 is 1.21 bits per heavy atom. The summed E-state index contributed by atoms with van der Waals surface area (Å²) in [6, 6.07) is -0.0161. The van der Waals surface area contributed by atoms with Crippen LogP contribution in [-0.2, 0) is 15.0 Å². The van der Waals surface area contributed by atoms with Gasteiger partial charge in [0.2, 0.25) is 0 Å². The van der Waals surface area contributed by atoms with E-state index >= 15 is 0 Å². The summed E-state index contributed by atoms with van der Waals surface area (Å²) in [7, 11) is -2.15. The minimum atomic E-state index is -3.56. The Kier molecular flexibility index (Phi) is 6.74. The van der Waals surface area contributed by atoms with E-state index in [1.807, 2.05) is 0 Å². The molecule has 0 amide bonds. The second kappa shape index (κ2) is 7.81. The van der Waals surface area contributed by atoms with Gasteiger partial charge < -0.3 is 5.11 Å². The highest BCUT2D eigenvalue weighted by atomic mass is 32.2. The zero-order valence-corrected chi connectivity index (χ0v) is 12.3. The Morgan fingerprint density at radius 3 is 2.26 bits per heavy atom. The second-order valence-electron chi connectivity index (χ2n) is 5.13. The summed E-state index contributed by atoms with van der Waals surface area (Å²) in [6.45, 7) is -0.00259. The van der Waals surface area contributed by atoms with Gasteiger partial charge in [0.1, 0.15) is 0 Å². The predicted octanol–water partition coefficient (Wildman–Crippen LogP) is 1.34. The van der Waals surface area contributed by atoms with Crippen molar-refractivity contribution < 1.29 is 18.3 Å². The molecule has 0 aromatic carbocycles. The van der Waals surface area contributed by atoms with Gasteiger partial charge in [-0.15, -0.1) is 0 Å². The van der Waals surface area contributed by atoms with Crippen LogP contribution >= 0.6 is 0 Å². The number of nitrogens with zero attached hydrogens (tertiary/aromatic N) is 1. The molecule has 1 aliphatic rings. The maximum atomic E-state index is 12.0. The predicted molar refractivity (Wildman–Crippen MR) is 73.0 cm³/mol. The number of hydrogen-bond acceptors (Lipinski definition) is 3. The van der Waals surface area contributed by atoms with E-state index in [-0.39, 0.29) is 19.0 Å². The van der Waals surface area contributed by atoms with Gasteiger partial charge in [-0.1, -0.05) is 32.1 Å². The molecule has 0 aliphatic heterocycles. The zero-order chi connectivity index (χ0) is 14.3. The van der Waals surface area contributed by atoms with Crippen molar-refractivity contribution in [2.45, 2.75) is 57.4 Å². The first-order chi connectivity index (χ1) is 8.92. The fourth-order valence-corrected chi connectivity index (χ4v) is 3.42. The van der Waals surface area contributed by atoms with Crippen LogP contribution in [0.1, 0.15) is 51.4 Å². The fourth-order valence-electron chi connectivity index (χ4n) is 2.25. The van der Waals surface area contributed by atoms with Gasteiger partial charge in [0, 0.05) is 19.6 Å². The van der Waals surface area contributed by atoms with E-state index in [9.17, 15) is 13.2 Å². The number of aliphatic carboxylic acids is 1. The van der Waals surface area contributed by atoms with Crippen LogP contribution in [-0.4, -0.2) is 43.4 Å². The Hall–Kier alpha value is -0.660. The molecule has 2 N–H and O–H groups in total. The zero-order valence-electron chi connectivity index (χ0n) is 11.5. The lowest BCUT2D eigenvalue weighted by Crippen LogP contribution is -2.44. The van der Waals surface area contributed by atoms with E-state index in [2.05, 4.69) is 4.72 Å². The fraction of sp³-hybridized carbons (Fsp3) is 0.917. The highest BCUT2D eigenvalue weighted by Crippen LogP contribution is 2.18. The highest BCUT2D eigenvalue weighted by Gasteiger charge is 2.23. The minimum absolute atomic E-state index is 0.00259. The van der Waals surface area contributed by atoms with Gasteiger partial charge in [0.25, 0.3) is 10.2 Å². The van der Waals surface area contributed by atoms with E-state index < -0.39 is 16.2 Å². The minimum Gasteiger partial charge on any atom is -0.481 e. The first-order valence-corrected chi connectivity index (χ1v) is 8.31. The third-order valence-electron chi connectivity index (χ3n) is 3.47. The Labute approximate surface area is 115 Å². The smallest absolute Gasteiger partial charge is 0.304 e. The summed E-state index contributed by atoms with van der Waals surface area (Å²) < 4.78 is 27.8. The third kappa shape index (κ3) is 6.35. The number of hydrogen-bond donors (Lipinski definition) is 2. The highest BCUT2D eigenvalue weighted by molar-refractivity contribution is 7.87. The lowest BCUT2D eigenvalue weighted by atomic mass is 9.97. The van der Waals surface area contributed by atoms with Crippen molar-refractivity contribution in [1.82, 2.24) is 9.03 Å². The number of carbonyl (C=O) groups is 1. The molecule has 7 heteroatoms. The van der Waals surface area contributed by atoms with E-state index in [4.69, 9.17) is 5.11 Å². The van der Waals surface area contributed by atoms with Crippen molar-refractivity contribution in [3.8, 4) is 0 Å². The van der Waals surface area contributed by atoms with Crippen LogP contribution in [0.15, 0.2) is 0 Å². The molecule has 1 rings (SSSR count). The SMILES string of the molecule is CN(CCC(=O)O)S(=O)(=O)NC1CCCCCCC1. The van der Waals surface area contributed by atoms with Crippen LogP contribution in [0.2, 0.25) is 0 Å². The number of rotatable bonds is 6. The van der Waals surface area contributed by atoms with Crippen molar-refractivity contribution in [3.05, 3.63) is 0 Å². The molecular formula is C12H24N2O4S. The molecule has 112 valence electrons. The van der Waals surface area contributed by atoms with Crippen molar-refractivity contribution in [2.75, 3.05) is 13.6 Å². The Balaban J connectivity index is 2.49. The van der Waals surface area contributed by atoms with Crippen LogP contribution in [0, 0.1) is 0 Å². The van der Waals surface area contributed by atoms with Crippen molar-refractivity contribution in [3.63, 3.8) is 0 Å². The first kappa shape index (κ1) is 16.4. The molecule has 0 atom stereocenters. The molecule has 0 spiro atoms. The molecule has 0 saturated heterocycles. The maximum absolute atomic E-state index is 12.0. The van der Waals surface area contributed by atoms with Gasteiger partial charge in [-0.25, -0.2) is 0 Å². The molecule has 0 aromatic rings. The molecule has 0 unspecified atom stereocenters. The van der Waals surface area contributed by atoms with Crippen LogP contribution in [0.3, 0.4) is 0 Å². The van der Waals surface area contributed by atoms with Gasteiger partial charge in [-0.05, 0) is 12.8 Å². The standard InChI is InChI=1S/C12H24N2O4S/c1-14(10-9-12(15)16)19(17,18)13-11-7-5-3-2-4-6-8-11/h11,13H,2-10H2,1H3,(H,15,16). The Bertz CT molecular complexity index is 375. The summed E-state index contributed by atoms with van der Waals surface area (Å²) in [5.41, 5.74) is 0. The average Bonchev–Trinajstić information content (AvgIpc) is 2.29. The average molecular weight is 292 g/mol. The largest absolute Gasteiger partial charge is 0.481 e. The van der Waals surface area contributed by atoms with Crippen molar-refractivity contribution in [1.29, 1.82) is 0 Å². The van der Waals surface area contributed by atoms with E-state index in [0.717, 1.165) is 42.8 Å². The van der Waals surface area contributed by atoms with Gasteiger partial charge in [-0.3, -0.25) is 4.79 Å². The molecule has 1 aliphatic carbocycles. The maximum Gasteiger partial charge on any atom is 0.304 e. The van der Waals surface area contributed by atoms with Crippen molar-refractivity contribution >= 4 is 16.2 Å². The number of carboxylic acids is 1. The lowest BCUT2D eigenvalue weighted by molar-refractivity contribution is -0.137. The second-order valence-corrected chi connectivity index (χ2v) is 6.94. The van der Waals surface area contributed by atoms with E-state index in [0.29, 0.717) is 0 Å². The van der Waals surface area contributed by atoms with Crippen LogP contribution < -0.4 is 4.72 Å². The van der Waals surface area contributed by atoms with Gasteiger partial charge in [-0.2, -0.15) is 17.4 Å². The molecule has 6 nitrogen and oxygen atoms in total. The van der Waals surface area contributed by atoms with Gasteiger partial charge in [0.05, 0.1) is 6.42 Å². The topological polar surface area (TPSA) is 86.7 Å². The monoisotopic (exact) mass is 292 g/mol. The lowest BCUT2D eigenvalue weighted by Gasteiger charge is -2.24. The number of carboxylic acid groups (broad SMARTS) is 1. The molecule has 0 aromatic heterocycles. The van der Waals surface area contributed by atoms with Crippen LogP contribution in [0.4, 0.5) is 0 Å². The third-order valence-corrected chi connectivity index (χ3v) is 5.11. The summed E-state index contributed by atoms with van der Waals surface area (Å²) in [4.78, 5) is 10.5. The summed E-state index contributed by atoms with van der Waals surface area (Å²) in [5, 5.41) is 8.58. The number of nitrogens with one attached hydrogen (secondary N) is 1.